The van der Waals surface area contributed by atoms with Crippen LogP contribution in [0.1, 0.15) is 32.1 Å². The van der Waals surface area contributed by atoms with Crippen LogP contribution in [0.4, 0.5) is 5.69 Å². The molecule has 2 heteroatoms. The normalized spacial score (nSPS) is 18.1. The Morgan fingerprint density at radius 1 is 1.00 bits per heavy atom. The summed E-state index contributed by atoms with van der Waals surface area (Å²) in [7, 11) is 0. The number of hydrogen-bond donors (Lipinski definition) is 1. The van der Waals surface area contributed by atoms with E-state index in [-0.39, 0.29) is 0 Å². The van der Waals surface area contributed by atoms with Gasteiger partial charge < -0.3 is 0 Å². The number of para-hydroxylation sites is 1. The zero-order valence-corrected chi connectivity index (χ0v) is 8.39. The van der Waals surface area contributed by atoms with Crippen LogP contribution >= 0.6 is 0 Å². The first-order chi connectivity index (χ1) is 6.88. The van der Waals surface area contributed by atoms with E-state index in [4.69, 9.17) is 0 Å². The Morgan fingerprint density at radius 3 is 2.29 bits per heavy atom. The first kappa shape index (κ1) is 9.53. The Morgan fingerprint density at radius 2 is 1.64 bits per heavy atom. The van der Waals surface area contributed by atoms with Crippen molar-refractivity contribution >= 4 is 5.69 Å². The zero-order valence-electron chi connectivity index (χ0n) is 8.39. The van der Waals surface area contributed by atoms with Gasteiger partial charge in [0.15, 0.2) is 0 Å². The number of hydrogen-bond acceptors (Lipinski definition) is 2. The Balaban J connectivity index is 2.03. The first-order valence-electron chi connectivity index (χ1n) is 5.41. The molecular formula is C12H17NO. The molecule has 0 atom stereocenters. The highest BCUT2D eigenvalue weighted by Gasteiger charge is 2.19. The van der Waals surface area contributed by atoms with Gasteiger partial charge in [-0.3, -0.25) is 10.3 Å². The van der Waals surface area contributed by atoms with E-state index in [1.807, 2.05) is 30.3 Å². The highest BCUT2D eigenvalue weighted by Crippen LogP contribution is 2.25. The van der Waals surface area contributed by atoms with E-state index in [1.165, 1.54) is 24.3 Å². The van der Waals surface area contributed by atoms with E-state index in [1.54, 1.807) is 0 Å². The smallest absolute Gasteiger partial charge is 0.0637 e. The van der Waals surface area contributed by atoms with Crippen molar-refractivity contribution in [1.82, 2.24) is 0 Å². The lowest BCUT2D eigenvalue weighted by Gasteiger charge is -2.30. The summed E-state index contributed by atoms with van der Waals surface area (Å²) < 4.78 is 0. The molecule has 14 heavy (non-hydrogen) atoms. The monoisotopic (exact) mass is 191 g/mol. The summed E-state index contributed by atoms with van der Waals surface area (Å²) in [5.74, 6) is 0. The topological polar surface area (TPSA) is 23.5 Å². The SMILES string of the molecule is ON(c1ccccc1)C1CCCCC1. The van der Waals surface area contributed by atoms with Gasteiger partial charge >= 0.3 is 0 Å². The fourth-order valence-corrected chi connectivity index (χ4v) is 2.12. The molecule has 0 bridgehead atoms. The molecule has 0 spiro atoms. The van der Waals surface area contributed by atoms with Gasteiger partial charge in [-0.1, -0.05) is 37.5 Å². The quantitative estimate of drug-likeness (QED) is 0.725. The third kappa shape index (κ3) is 2.07. The summed E-state index contributed by atoms with van der Waals surface area (Å²) in [6.07, 6.45) is 6.04. The highest BCUT2D eigenvalue weighted by molar-refractivity contribution is 5.43. The number of benzene rings is 1. The molecular weight excluding hydrogens is 174 g/mol. The molecule has 1 aliphatic carbocycles. The van der Waals surface area contributed by atoms with Gasteiger partial charge in [0.05, 0.1) is 11.7 Å². The van der Waals surface area contributed by atoms with Crippen LogP contribution in [0.25, 0.3) is 0 Å². The Kier molecular flexibility index (Phi) is 3.04. The molecule has 1 N–H and O–H groups in total. The summed E-state index contributed by atoms with van der Waals surface area (Å²) in [5.41, 5.74) is 0.916. The molecule has 1 aromatic carbocycles. The lowest BCUT2D eigenvalue weighted by Crippen LogP contribution is -2.33. The van der Waals surface area contributed by atoms with Crippen molar-refractivity contribution in [2.75, 3.05) is 5.06 Å². The molecule has 0 aromatic heterocycles. The lowest BCUT2D eigenvalue weighted by atomic mass is 9.95. The maximum atomic E-state index is 9.98. The Bertz CT molecular complexity index is 267. The van der Waals surface area contributed by atoms with E-state index in [0.29, 0.717) is 6.04 Å². The van der Waals surface area contributed by atoms with Crippen molar-refractivity contribution in [3.8, 4) is 0 Å². The van der Waals surface area contributed by atoms with Crippen LogP contribution in [-0.4, -0.2) is 11.2 Å². The molecule has 2 rings (SSSR count). The number of nitrogens with zero attached hydrogens (tertiary/aromatic N) is 1. The fraction of sp³-hybridized carbons (Fsp3) is 0.500. The Labute approximate surface area is 85.1 Å². The van der Waals surface area contributed by atoms with Crippen LogP contribution in [0.15, 0.2) is 30.3 Å². The minimum atomic E-state index is 0.325. The third-order valence-electron chi connectivity index (χ3n) is 2.94. The van der Waals surface area contributed by atoms with Gasteiger partial charge in [-0.25, -0.2) is 0 Å². The summed E-state index contributed by atoms with van der Waals surface area (Å²) in [6, 6.07) is 10.1. The van der Waals surface area contributed by atoms with Gasteiger partial charge in [0.1, 0.15) is 0 Å². The minimum absolute atomic E-state index is 0.325. The van der Waals surface area contributed by atoms with E-state index in [9.17, 15) is 5.21 Å². The molecule has 0 saturated heterocycles. The Hall–Kier alpha value is -1.02. The largest absolute Gasteiger partial charge is 0.288 e. The van der Waals surface area contributed by atoms with Crippen LogP contribution in [0.3, 0.4) is 0 Å². The molecule has 0 unspecified atom stereocenters. The third-order valence-corrected chi connectivity index (χ3v) is 2.94. The average molecular weight is 191 g/mol. The molecule has 1 aliphatic rings. The minimum Gasteiger partial charge on any atom is -0.288 e. The molecule has 0 aliphatic heterocycles. The van der Waals surface area contributed by atoms with Crippen LogP contribution in [0.5, 0.6) is 0 Å². The molecule has 1 saturated carbocycles. The van der Waals surface area contributed by atoms with Gasteiger partial charge in [0, 0.05) is 0 Å². The summed E-state index contributed by atoms with van der Waals surface area (Å²) in [4.78, 5) is 0. The van der Waals surface area contributed by atoms with Gasteiger partial charge in [-0.2, -0.15) is 0 Å². The zero-order chi connectivity index (χ0) is 9.80. The lowest BCUT2D eigenvalue weighted by molar-refractivity contribution is 0.190. The second-order valence-corrected chi connectivity index (χ2v) is 3.97. The van der Waals surface area contributed by atoms with E-state index >= 15 is 0 Å². The number of anilines is 1. The van der Waals surface area contributed by atoms with Crippen molar-refractivity contribution in [3.63, 3.8) is 0 Å². The van der Waals surface area contributed by atoms with Crippen molar-refractivity contribution < 1.29 is 5.21 Å². The predicted octanol–water partition coefficient (Wildman–Crippen LogP) is 3.21. The van der Waals surface area contributed by atoms with Gasteiger partial charge in [-0.05, 0) is 25.0 Å². The van der Waals surface area contributed by atoms with Gasteiger partial charge in [0.2, 0.25) is 0 Å². The first-order valence-corrected chi connectivity index (χ1v) is 5.41. The van der Waals surface area contributed by atoms with E-state index in [2.05, 4.69) is 0 Å². The second kappa shape index (κ2) is 4.47. The van der Waals surface area contributed by atoms with E-state index in [0.717, 1.165) is 18.5 Å². The molecule has 1 fully saturated rings. The molecule has 76 valence electrons. The van der Waals surface area contributed by atoms with Crippen LogP contribution < -0.4 is 5.06 Å². The maximum absolute atomic E-state index is 9.98. The summed E-state index contributed by atoms with van der Waals surface area (Å²) in [6.45, 7) is 0. The molecule has 1 aromatic rings. The van der Waals surface area contributed by atoms with Crippen LogP contribution in [0, 0.1) is 0 Å². The molecule has 0 amide bonds. The highest BCUT2D eigenvalue weighted by atomic mass is 16.5. The second-order valence-electron chi connectivity index (χ2n) is 3.97. The van der Waals surface area contributed by atoms with Crippen molar-refractivity contribution in [2.45, 2.75) is 38.1 Å². The van der Waals surface area contributed by atoms with Crippen molar-refractivity contribution in [1.29, 1.82) is 0 Å². The average Bonchev–Trinajstić information content (AvgIpc) is 2.30. The van der Waals surface area contributed by atoms with Crippen LogP contribution in [0.2, 0.25) is 0 Å². The summed E-state index contributed by atoms with van der Waals surface area (Å²) in [5, 5.41) is 11.4. The molecule has 0 heterocycles. The maximum Gasteiger partial charge on any atom is 0.0637 e. The fourth-order valence-electron chi connectivity index (χ4n) is 2.12. The van der Waals surface area contributed by atoms with Crippen molar-refractivity contribution in [3.05, 3.63) is 30.3 Å². The van der Waals surface area contributed by atoms with Gasteiger partial charge in [-0.15, -0.1) is 0 Å². The number of rotatable bonds is 2. The summed E-state index contributed by atoms with van der Waals surface area (Å²) >= 11 is 0. The predicted molar refractivity (Wildman–Crippen MR) is 57.6 cm³/mol. The van der Waals surface area contributed by atoms with Crippen LogP contribution in [-0.2, 0) is 0 Å². The molecule has 0 radical (unpaired) electrons. The van der Waals surface area contributed by atoms with Crippen molar-refractivity contribution in [2.24, 2.45) is 0 Å². The van der Waals surface area contributed by atoms with E-state index < -0.39 is 0 Å². The van der Waals surface area contributed by atoms with Gasteiger partial charge in [0.25, 0.3) is 0 Å². The standard InChI is InChI=1S/C12H17NO/c14-13(11-7-3-1-4-8-11)12-9-5-2-6-10-12/h1,3-4,7-8,12,14H,2,5-6,9-10H2. The number of hydroxylamine groups is 1. The molecule has 2 nitrogen and oxygen atoms in total.